The van der Waals surface area contributed by atoms with E-state index in [1.807, 2.05) is 60.7 Å². The minimum atomic E-state index is 0.596. The fourth-order valence-electron chi connectivity index (χ4n) is 6.50. The average molecular weight is 628 g/mol. The molecule has 0 aliphatic heterocycles. The maximum absolute atomic E-state index is 6.63. The van der Waals surface area contributed by atoms with Crippen LogP contribution in [0.25, 0.3) is 89.5 Å². The second-order valence-electron chi connectivity index (χ2n) is 12.0. The summed E-state index contributed by atoms with van der Waals surface area (Å²) in [5.41, 5.74) is 11.1. The number of nitrogens with zero attached hydrogens (tertiary/aromatic N) is 3. The number of hydrogen-bond donors (Lipinski definition) is 0. The maximum Gasteiger partial charge on any atom is 0.164 e. The minimum Gasteiger partial charge on any atom is -0.455 e. The van der Waals surface area contributed by atoms with E-state index in [9.17, 15) is 0 Å². The van der Waals surface area contributed by atoms with Gasteiger partial charge in [0.15, 0.2) is 17.5 Å². The summed E-state index contributed by atoms with van der Waals surface area (Å²) in [6.45, 7) is 0. The number of furan rings is 1. The summed E-state index contributed by atoms with van der Waals surface area (Å²) in [6.07, 6.45) is 0. The van der Waals surface area contributed by atoms with Crippen molar-refractivity contribution in [2.75, 3.05) is 0 Å². The lowest BCUT2D eigenvalue weighted by Crippen LogP contribution is -2.00. The Balaban J connectivity index is 1.21. The second kappa shape index (κ2) is 12.2. The normalized spacial score (nSPS) is 11.3. The fourth-order valence-corrected chi connectivity index (χ4v) is 6.50. The number of hydrogen-bond acceptors (Lipinski definition) is 4. The summed E-state index contributed by atoms with van der Waals surface area (Å²) in [6, 6.07) is 60.4. The molecule has 0 amide bonds. The molecule has 9 aromatic rings. The van der Waals surface area contributed by atoms with Crippen LogP contribution < -0.4 is 0 Å². The number of para-hydroxylation sites is 1. The van der Waals surface area contributed by atoms with Crippen LogP contribution in [0.2, 0.25) is 0 Å². The summed E-state index contributed by atoms with van der Waals surface area (Å²) in [7, 11) is 0. The van der Waals surface area contributed by atoms with Crippen LogP contribution in [0.1, 0.15) is 0 Å². The van der Waals surface area contributed by atoms with E-state index in [4.69, 9.17) is 19.4 Å². The lowest BCUT2D eigenvalue weighted by atomic mass is 9.96. The molecule has 49 heavy (non-hydrogen) atoms. The second-order valence-corrected chi connectivity index (χ2v) is 12.0. The van der Waals surface area contributed by atoms with E-state index in [0.29, 0.717) is 17.5 Å². The molecule has 0 aliphatic carbocycles. The summed E-state index contributed by atoms with van der Waals surface area (Å²) in [5.74, 6) is 1.83. The SMILES string of the molecule is c1ccc(-c2ccc(-c3nc(-c4ccccc4)nc(-c4ccc(-c5ccc(-c6ccccc6)cc5)c5oc6ccccc6c45)n3)cc2)cc1. The zero-order valence-electron chi connectivity index (χ0n) is 26.5. The van der Waals surface area contributed by atoms with Crippen LogP contribution in [0.5, 0.6) is 0 Å². The van der Waals surface area contributed by atoms with Gasteiger partial charge < -0.3 is 4.42 Å². The first kappa shape index (κ1) is 28.6. The van der Waals surface area contributed by atoms with Crippen LogP contribution in [-0.2, 0) is 0 Å². The molecule has 0 N–H and O–H groups in total. The van der Waals surface area contributed by atoms with E-state index in [1.165, 1.54) is 16.7 Å². The van der Waals surface area contributed by atoms with Crippen LogP contribution in [0.4, 0.5) is 0 Å². The Hall–Kier alpha value is -6.65. The van der Waals surface area contributed by atoms with Crippen LogP contribution in [0.15, 0.2) is 180 Å². The van der Waals surface area contributed by atoms with E-state index in [1.54, 1.807) is 0 Å². The Morgan fingerprint density at radius 2 is 0.714 bits per heavy atom. The fraction of sp³-hybridized carbons (Fsp3) is 0. The third kappa shape index (κ3) is 5.35. The molecule has 9 rings (SSSR count). The molecule has 2 heterocycles. The summed E-state index contributed by atoms with van der Waals surface area (Å²) < 4.78 is 6.63. The Labute approximate surface area is 284 Å². The van der Waals surface area contributed by atoms with Crippen molar-refractivity contribution in [3.05, 3.63) is 176 Å². The highest BCUT2D eigenvalue weighted by Gasteiger charge is 2.20. The zero-order chi connectivity index (χ0) is 32.6. The lowest BCUT2D eigenvalue weighted by Gasteiger charge is -2.11. The standard InChI is InChI=1S/C45H29N3O/c1-4-12-30(13-5-1)32-20-24-34(25-21-32)37-28-29-39(41-38-18-10-11-19-40(38)49-42(37)41)45-47-43(35-16-8-3-9-17-35)46-44(48-45)36-26-22-33(23-27-36)31-14-6-2-7-15-31/h1-29H. The van der Waals surface area contributed by atoms with Gasteiger partial charge >= 0.3 is 0 Å². The molecular weight excluding hydrogens is 599 g/mol. The molecule has 0 bridgehead atoms. The van der Waals surface area contributed by atoms with Crippen molar-refractivity contribution in [1.29, 1.82) is 0 Å². The van der Waals surface area contributed by atoms with Crippen molar-refractivity contribution >= 4 is 21.9 Å². The number of aromatic nitrogens is 3. The Kier molecular flexibility index (Phi) is 7.10. The van der Waals surface area contributed by atoms with Gasteiger partial charge in [-0.15, -0.1) is 0 Å². The first-order valence-corrected chi connectivity index (χ1v) is 16.4. The van der Waals surface area contributed by atoms with Crippen molar-refractivity contribution in [2.24, 2.45) is 0 Å². The van der Waals surface area contributed by atoms with Crippen LogP contribution in [0.3, 0.4) is 0 Å². The predicted octanol–water partition coefficient (Wildman–Crippen LogP) is 11.8. The molecule has 0 atom stereocenters. The highest BCUT2D eigenvalue weighted by Crippen LogP contribution is 2.42. The molecule has 0 unspecified atom stereocenters. The van der Waals surface area contributed by atoms with Gasteiger partial charge in [0.25, 0.3) is 0 Å². The minimum absolute atomic E-state index is 0.596. The van der Waals surface area contributed by atoms with Gasteiger partial charge in [0.1, 0.15) is 11.2 Å². The van der Waals surface area contributed by atoms with E-state index in [-0.39, 0.29) is 0 Å². The number of benzene rings is 7. The number of fused-ring (bicyclic) bond motifs is 3. The van der Waals surface area contributed by atoms with E-state index in [2.05, 4.69) is 115 Å². The molecular formula is C45H29N3O. The molecule has 0 radical (unpaired) electrons. The van der Waals surface area contributed by atoms with E-state index < -0.39 is 0 Å². The monoisotopic (exact) mass is 627 g/mol. The van der Waals surface area contributed by atoms with Gasteiger partial charge in [0.2, 0.25) is 0 Å². The third-order valence-corrected chi connectivity index (χ3v) is 8.99. The van der Waals surface area contributed by atoms with Crippen molar-refractivity contribution in [3.63, 3.8) is 0 Å². The molecule has 7 aromatic carbocycles. The molecule has 0 saturated carbocycles. The predicted molar refractivity (Wildman–Crippen MR) is 200 cm³/mol. The molecule has 0 saturated heterocycles. The van der Waals surface area contributed by atoms with Crippen molar-refractivity contribution in [2.45, 2.75) is 0 Å². The van der Waals surface area contributed by atoms with Gasteiger partial charge in [0.05, 0.1) is 0 Å². The maximum atomic E-state index is 6.63. The summed E-state index contributed by atoms with van der Waals surface area (Å²) in [4.78, 5) is 15.2. The Morgan fingerprint density at radius 1 is 0.306 bits per heavy atom. The van der Waals surface area contributed by atoms with Crippen LogP contribution in [0, 0.1) is 0 Å². The van der Waals surface area contributed by atoms with Crippen LogP contribution >= 0.6 is 0 Å². The van der Waals surface area contributed by atoms with Gasteiger partial charge in [-0.05, 0) is 46.0 Å². The van der Waals surface area contributed by atoms with Crippen molar-refractivity contribution in [3.8, 4) is 67.5 Å². The molecule has 230 valence electrons. The van der Waals surface area contributed by atoms with Crippen molar-refractivity contribution < 1.29 is 4.42 Å². The topological polar surface area (TPSA) is 51.8 Å². The van der Waals surface area contributed by atoms with E-state index in [0.717, 1.165) is 55.3 Å². The Morgan fingerprint density at radius 3 is 1.31 bits per heavy atom. The molecule has 0 aliphatic rings. The average Bonchev–Trinajstić information content (AvgIpc) is 3.58. The van der Waals surface area contributed by atoms with Gasteiger partial charge in [0, 0.05) is 33.0 Å². The van der Waals surface area contributed by atoms with Crippen molar-refractivity contribution in [1.82, 2.24) is 15.0 Å². The summed E-state index contributed by atoms with van der Waals surface area (Å²) >= 11 is 0. The first-order valence-electron chi connectivity index (χ1n) is 16.4. The molecule has 0 fully saturated rings. The third-order valence-electron chi connectivity index (χ3n) is 8.99. The Bertz CT molecular complexity index is 2560. The molecule has 4 nitrogen and oxygen atoms in total. The lowest BCUT2D eigenvalue weighted by molar-refractivity contribution is 0.670. The highest BCUT2D eigenvalue weighted by atomic mass is 16.3. The largest absolute Gasteiger partial charge is 0.455 e. The zero-order valence-corrected chi connectivity index (χ0v) is 26.5. The quantitative estimate of drug-likeness (QED) is 0.184. The van der Waals surface area contributed by atoms with E-state index >= 15 is 0 Å². The van der Waals surface area contributed by atoms with Crippen LogP contribution in [-0.4, -0.2) is 15.0 Å². The summed E-state index contributed by atoms with van der Waals surface area (Å²) in [5, 5.41) is 2.00. The smallest absolute Gasteiger partial charge is 0.164 e. The van der Waals surface area contributed by atoms with Gasteiger partial charge in [-0.1, -0.05) is 158 Å². The van der Waals surface area contributed by atoms with Gasteiger partial charge in [-0.25, -0.2) is 15.0 Å². The number of rotatable bonds is 6. The molecule has 0 spiro atoms. The molecule has 2 aromatic heterocycles. The van der Waals surface area contributed by atoms with Gasteiger partial charge in [-0.3, -0.25) is 0 Å². The molecule has 4 heteroatoms. The first-order chi connectivity index (χ1) is 24.3. The highest BCUT2D eigenvalue weighted by molar-refractivity contribution is 6.15. The van der Waals surface area contributed by atoms with Gasteiger partial charge in [-0.2, -0.15) is 0 Å².